The lowest BCUT2D eigenvalue weighted by Gasteiger charge is -2.36. The quantitative estimate of drug-likeness (QED) is 0.395. The molecule has 1 aromatic heterocycles. The van der Waals surface area contributed by atoms with Gasteiger partial charge in [0.15, 0.2) is 5.16 Å². The van der Waals surface area contributed by atoms with Crippen molar-refractivity contribution in [2.45, 2.75) is 24.7 Å². The molecule has 1 saturated heterocycles. The Morgan fingerprint density at radius 3 is 2.59 bits per heavy atom. The average Bonchev–Trinajstić information content (AvgIpc) is 2.68. The molecule has 0 unspecified atom stereocenters. The number of benzene rings is 1. The van der Waals surface area contributed by atoms with Crippen LogP contribution >= 0.6 is 11.8 Å². The molecule has 3 rings (SSSR count). The number of aryl methyl sites for hydroxylation is 1. The van der Waals surface area contributed by atoms with E-state index in [1.54, 1.807) is 19.2 Å². The Balaban J connectivity index is 0.00000300. The largest absolute Gasteiger partial charge is 1.00 e. The highest BCUT2D eigenvalue weighted by Gasteiger charge is 2.31. The van der Waals surface area contributed by atoms with Crippen molar-refractivity contribution in [2.24, 2.45) is 0 Å². The third-order valence-corrected chi connectivity index (χ3v) is 5.70. The van der Waals surface area contributed by atoms with E-state index in [2.05, 4.69) is 14.9 Å². The molecule has 160 valence electrons. The normalized spacial score (nSPS) is 15.2. The fraction of sp³-hybridized carbons (Fsp3) is 0.474. The van der Waals surface area contributed by atoms with Crippen LogP contribution in [0.2, 0.25) is 0 Å². The van der Waals surface area contributed by atoms with Crippen LogP contribution in [0, 0.1) is 6.92 Å². The Labute approximate surface area is 178 Å². The van der Waals surface area contributed by atoms with E-state index in [0.717, 1.165) is 37.9 Å². The summed E-state index contributed by atoms with van der Waals surface area (Å²) in [6, 6.07) is 5.53. The van der Waals surface area contributed by atoms with Gasteiger partial charge in [0, 0.05) is 49.4 Å². The molecule has 0 amide bonds. The molecule has 0 radical (unpaired) electrons. The van der Waals surface area contributed by atoms with E-state index in [0.29, 0.717) is 29.5 Å². The lowest BCUT2D eigenvalue weighted by molar-refractivity contribution is -0.137. The van der Waals surface area contributed by atoms with Crippen LogP contribution in [-0.2, 0) is 6.18 Å². The summed E-state index contributed by atoms with van der Waals surface area (Å²) in [5.74, 6) is 0.847. The Hall–Kier alpha value is -1.71. The summed E-state index contributed by atoms with van der Waals surface area (Å²) in [6.07, 6.45) is -1.79. The second kappa shape index (κ2) is 10.4. The standard InChI is InChI=1S/C19H23F3N4OS.ClH/c1-14-13-23-18(24-17(14)27)28-11-3-6-25-7-9-26(10-8-25)16-5-2-4-15(12-16)19(20,21)22;/h2,4-5,12-13H,3,6-11H2,1H3,(H,23,24,27);1H/p-1. The van der Waals surface area contributed by atoms with E-state index in [1.807, 2.05) is 4.90 Å². The Morgan fingerprint density at radius 2 is 1.93 bits per heavy atom. The van der Waals surface area contributed by atoms with Crippen LogP contribution in [0.4, 0.5) is 18.9 Å². The van der Waals surface area contributed by atoms with Gasteiger partial charge in [0.05, 0.1) is 5.56 Å². The smallest absolute Gasteiger partial charge is 0.416 e. The number of anilines is 1. The molecule has 29 heavy (non-hydrogen) atoms. The highest BCUT2D eigenvalue weighted by atomic mass is 35.5. The number of hydrogen-bond acceptors (Lipinski definition) is 5. The Bertz CT molecular complexity index is 854. The van der Waals surface area contributed by atoms with Crippen LogP contribution in [0.5, 0.6) is 0 Å². The fourth-order valence-corrected chi connectivity index (χ4v) is 3.84. The molecule has 0 aliphatic carbocycles. The van der Waals surface area contributed by atoms with E-state index >= 15 is 0 Å². The fourth-order valence-electron chi connectivity index (χ4n) is 3.08. The van der Waals surface area contributed by atoms with Crippen molar-refractivity contribution in [1.82, 2.24) is 14.9 Å². The zero-order valence-corrected chi connectivity index (χ0v) is 17.6. The van der Waals surface area contributed by atoms with Crippen molar-refractivity contribution >= 4 is 17.4 Å². The molecule has 2 aromatic rings. The maximum atomic E-state index is 12.9. The van der Waals surface area contributed by atoms with Crippen molar-refractivity contribution in [2.75, 3.05) is 43.4 Å². The van der Waals surface area contributed by atoms with Crippen LogP contribution in [0.3, 0.4) is 0 Å². The number of piperazine rings is 1. The van der Waals surface area contributed by atoms with E-state index < -0.39 is 11.7 Å². The van der Waals surface area contributed by atoms with Gasteiger partial charge in [-0.3, -0.25) is 9.69 Å². The van der Waals surface area contributed by atoms with Crippen molar-refractivity contribution in [3.05, 3.63) is 51.9 Å². The summed E-state index contributed by atoms with van der Waals surface area (Å²) in [7, 11) is 0. The number of thioether (sulfide) groups is 1. The number of rotatable bonds is 6. The first-order valence-corrected chi connectivity index (χ1v) is 10.1. The zero-order chi connectivity index (χ0) is 20.1. The Kier molecular flexibility index (Phi) is 8.42. The molecule has 1 aromatic carbocycles. The Morgan fingerprint density at radius 1 is 1.21 bits per heavy atom. The van der Waals surface area contributed by atoms with Gasteiger partial charge in [0.2, 0.25) is 0 Å². The number of aromatic amines is 1. The van der Waals surface area contributed by atoms with Crippen molar-refractivity contribution in [3.8, 4) is 0 Å². The van der Waals surface area contributed by atoms with Crippen molar-refractivity contribution in [3.63, 3.8) is 0 Å². The van der Waals surface area contributed by atoms with Gasteiger partial charge in [-0.05, 0) is 38.1 Å². The van der Waals surface area contributed by atoms with Crippen molar-refractivity contribution < 1.29 is 25.6 Å². The van der Waals surface area contributed by atoms with E-state index in [4.69, 9.17) is 0 Å². The minimum Gasteiger partial charge on any atom is -1.00 e. The maximum Gasteiger partial charge on any atom is 0.416 e. The second-order valence-electron chi connectivity index (χ2n) is 6.78. The molecule has 0 atom stereocenters. The molecule has 0 bridgehead atoms. The van der Waals surface area contributed by atoms with Crippen molar-refractivity contribution in [1.29, 1.82) is 0 Å². The highest BCUT2D eigenvalue weighted by Crippen LogP contribution is 2.31. The van der Waals surface area contributed by atoms with Gasteiger partial charge in [0.25, 0.3) is 5.56 Å². The topological polar surface area (TPSA) is 52.2 Å². The number of alkyl halides is 3. The molecule has 0 spiro atoms. The number of hydrogen-bond donors (Lipinski definition) is 1. The first-order valence-electron chi connectivity index (χ1n) is 9.16. The van der Waals surface area contributed by atoms with Gasteiger partial charge >= 0.3 is 6.18 Å². The average molecular weight is 448 g/mol. The SMILES string of the molecule is Cc1cnc(SCCCN2CCN(c3cccc(C(F)(F)F)c3)CC2)[nH]c1=O.[Cl-]. The predicted molar refractivity (Wildman–Crippen MR) is 105 cm³/mol. The molecule has 1 N–H and O–H groups in total. The first-order chi connectivity index (χ1) is 13.3. The molecular formula is C19H23ClF3N4OS-. The molecule has 2 heterocycles. The van der Waals surface area contributed by atoms with Gasteiger partial charge in [0.1, 0.15) is 0 Å². The van der Waals surface area contributed by atoms with Gasteiger partial charge in [-0.15, -0.1) is 0 Å². The van der Waals surface area contributed by atoms with Gasteiger partial charge in [-0.25, -0.2) is 4.98 Å². The first kappa shape index (κ1) is 23.6. The maximum absolute atomic E-state index is 12.9. The molecular weight excluding hydrogens is 425 g/mol. The lowest BCUT2D eigenvalue weighted by Crippen LogP contribution is -3.00. The summed E-state index contributed by atoms with van der Waals surface area (Å²) in [5, 5.41) is 0.630. The van der Waals surface area contributed by atoms with E-state index in [-0.39, 0.29) is 18.0 Å². The lowest BCUT2D eigenvalue weighted by atomic mass is 10.1. The minimum absolute atomic E-state index is 0. The molecule has 1 aliphatic rings. The van der Waals surface area contributed by atoms with Crippen LogP contribution < -0.4 is 22.9 Å². The molecule has 1 fully saturated rings. The number of H-pyrrole nitrogens is 1. The predicted octanol–water partition coefficient (Wildman–Crippen LogP) is 0.406. The number of halogens is 4. The van der Waals surface area contributed by atoms with Crippen LogP contribution in [0.25, 0.3) is 0 Å². The third-order valence-electron chi connectivity index (χ3n) is 4.72. The highest BCUT2D eigenvalue weighted by molar-refractivity contribution is 7.99. The molecule has 0 saturated carbocycles. The summed E-state index contributed by atoms with van der Waals surface area (Å²) < 4.78 is 38.6. The molecule has 10 heteroatoms. The summed E-state index contributed by atoms with van der Waals surface area (Å²) >= 11 is 1.52. The third kappa shape index (κ3) is 6.65. The molecule has 1 aliphatic heterocycles. The van der Waals surface area contributed by atoms with Gasteiger partial charge in [-0.1, -0.05) is 17.8 Å². The van der Waals surface area contributed by atoms with Gasteiger partial charge in [-0.2, -0.15) is 13.2 Å². The zero-order valence-electron chi connectivity index (χ0n) is 16.0. The van der Waals surface area contributed by atoms with E-state index in [1.165, 1.54) is 23.9 Å². The van der Waals surface area contributed by atoms with Gasteiger partial charge < -0.3 is 22.3 Å². The number of aromatic nitrogens is 2. The number of nitrogens with one attached hydrogen (secondary N) is 1. The van der Waals surface area contributed by atoms with Crippen LogP contribution in [-0.4, -0.2) is 53.3 Å². The summed E-state index contributed by atoms with van der Waals surface area (Å²) in [6.45, 7) is 5.70. The van der Waals surface area contributed by atoms with Crippen LogP contribution in [0.1, 0.15) is 17.5 Å². The number of nitrogens with zero attached hydrogens (tertiary/aromatic N) is 3. The molecule has 5 nitrogen and oxygen atoms in total. The minimum atomic E-state index is -4.31. The monoisotopic (exact) mass is 447 g/mol. The summed E-state index contributed by atoms with van der Waals surface area (Å²) in [5.41, 5.74) is 0.512. The van der Waals surface area contributed by atoms with Crippen LogP contribution in [0.15, 0.2) is 40.4 Å². The van der Waals surface area contributed by atoms with E-state index in [9.17, 15) is 18.0 Å². The summed E-state index contributed by atoms with van der Waals surface area (Å²) in [4.78, 5) is 22.8. The second-order valence-corrected chi connectivity index (χ2v) is 7.86.